The van der Waals surface area contributed by atoms with Crippen LogP contribution in [0.5, 0.6) is 11.5 Å². The van der Waals surface area contributed by atoms with Gasteiger partial charge in [0.15, 0.2) is 0 Å². The fraction of sp³-hybridized carbons (Fsp3) is 0.368. The molecular weight excluding hydrogens is 488 g/mol. The molecule has 2 N–H and O–H groups in total. The first-order valence-corrected chi connectivity index (χ1v) is 14.5. The van der Waals surface area contributed by atoms with Gasteiger partial charge in [0.05, 0.1) is 0 Å². The predicted molar refractivity (Wildman–Crippen MR) is 171 cm³/mol. The summed E-state index contributed by atoms with van der Waals surface area (Å²) in [6.07, 6.45) is 6.49. The van der Waals surface area contributed by atoms with Gasteiger partial charge in [0.25, 0.3) is 0 Å². The molecule has 1 saturated carbocycles. The summed E-state index contributed by atoms with van der Waals surface area (Å²) in [6, 6.07) is 29.1. The molecule has 1 aliphatic carbocycles. The van der Waals surface area contributed by atoms with Crippen molar-refractivity contribution in [3.8, 4) is 11.5 Å². The molecule has 1 aliphatic rings. The Bertz CT molecular complexity index is 1280. The molecule has 0 saturated heterocycles. The summed E-state index contributed by atoms with van der Waals surface area (Å²) < 4.78 is 0. The topological polar surface area (TPSA) is 40.5 Å². The normalized spacial score (nSPS) is 14.8. The summed E-state index contributed by atoms with van der Waals surface area (Å²) in [5, 5.41) is 21.1. The van der Waals surface area contributed by atoms with Crippen LogP contribution in [0, 0.1) is 20.8 Å². The van der Waals surface area contributed by atoms with Gasteiger partial charge in [0.2, 0.25) is 0 Å². The minimum Gasteiger partial charge on any atom is -0.507 e. The van der Waals surface area contributed by atoms with E-state index >= 15 is 0 Å². The Morgan fingerprint density at radius 3 is 1.52 bits per heavy atom. The molecule has 4 aromatic rings. The molecule has 0 radical (unpaired) electrons. The van der Waals surface area contributed by atoms with E-state index in [9.17, 15) is 10.2 Å². The van der Waals surface area contributed by atoms with Gasteiger partial charge in [-0.15, -0.1) is 0 Å². The highest BCUT2D eigenvalue weighted by Gasteiger charge is 2.21. The molecule has 2 atom stereocenters. The van der Waals surface area contributed by atoms with Crippen molar-refractivity contribution in [1.29, 1.82) is 0 Å². The van der Waals surface area contributed by atoms with Gasteiger partial charge in [0, 0.05) is 23.0 Å². The van der Waals surface area contributed by atoms with E-state index in [2.05, 4.69) is 76.2 Å². The Labute approximate surface area is 242 Å². The quantitative estimate of drug-likeness (QED) is 0.266. The maximum absolute atomic E-state index is 11.0. The number of hydrogen-bond donors (Lipinski definition) is 2. The van der Waals surface area contributed by atoms with Crippen LogP contribution >= 0.6 is 0 Å². The standard InChI is InChI=1S/C23H24O.C14H20O.CH4/c1-16-14-21(17(2)19-10-6-4-7-11-19)23(24)22(15-16)18(3)20-12-8-5-9-13-20;1-10-8-11(2)14(15)13(9-10)12-6-4-3-5-7-12;/h4-15,17-18,24H,1-3H3;8-9,12,15H,3-7H2,1-2H3;1H4. The number of phenolic OH excluding ortho intramolecular Hbond substituents is 2. The van der Waals surface area contributed by atoms with E-state index in [0.29, 0.717) is 17.4 Å². The van der Waals surface area contributed by atoms with Crippen LogP contribution in [0.25, 0.3) is 0 Å². The molecule has 212 valence electrons. The van der Waals surface area contributed by atoms with Crippen LogP contribution in [0.2, 0.25) is 0 Å². The summed E-state index contributed by atoms with van der Waals surface area (Å²) in [6.45, 7) is 10.5. The van der Waals surface area contributed by atoms with E-state index in [0.717, 1.165) is 16.7 Å². The second kappa shape index (κ2) is 14.2. The number of phenols is 2. The maximum atomic E-state index is 11.0. The molecule has 4 aromatic carbocycles. The highest BCUT2D eigenvalue weighted by molar-refractivity contribution is 5.51. The van der Waals surface area contributed by atoms with Crippen LogP contribution in [0.15, 0.2) is 84.9 Å². The Morgan fingerprint density at radius 1 is 0.600 bits per heavy atom. The highest BCUT2D eigenvalue weighted by Crippen LogP contribution is 2.40. The highest BCUT2D eigenvalue weighted by atomic mass is 16.3. The average Bonchev–Trinajstić information content (AvgIpc) is 2.97. The summed E-state index contributed by atoms with van der Waals surface area (Å²) in [4.78, 5) is 0. The van der Waals surface area contributed by atoms with E-state index in [4.69, 9.17) is 0 Å². The molecule has 0 aromatic heterocycles. The number of aryl methyl sites for hydroxylation is 3. The summed E-state index contributed by atoms with van der Waals surface area (Å²) in [5.41, 5.74) is 9.10. The largest absolute Gasteiger partial charge is 0.507 e. The minimum absolute atomic E-state index is 0. The number of rotatable bonds is 5. The molecule has 2 heteroatoms. The van der Waals surface area contributed by atoms with Crippen LogP contribution in [0.4, 0.5) is 0 Å². The molecule has 0 heterocycles. The van der Waals surface area contributed by atoms with Crippen LogP contribution in [-0.4, -0.2) is 10.2 Å². The van der Waals surface area contributed by atoms with Gasteiger partial charge in [0.1, 0.15) is 11.5 Å². The monoisotopic (exact) mass is 536 g/mol. The van der Waals surface area contributed by atoms with E-state index in [-0.39, 0.29) is 19.3 Å². The zero-order valence-electron chi connectivity index (χ0n) is 24.2. The molecule has 0 bridgehead atoms. The van der Waals surface area contributed by atoms with Crippen molar-refractivity contribution >= 4 is 0 Å². The predicted octanol–water partition coefficient (Wildman–Crippen LogP) is 10.7. The Hall–Kier alpha value is -3.52. The average molecular weight is 537 g/mol. The summed E-state index contributed by atoms with van der Waals surface area (Å²) in [7, 11) is 0. The number of hydrogen-bond acceptors (Lipinski definition) is 2. The van der Waals surface area contributed by atoms with Gasteiger partial charge in [-0.25, -0.2) is 0 Å². The molecule has 1 fully saturated rings. The van der Waals surface area contributed by atoms with Crippen molar-refractivity contribution in [3.63, 3.8) is 0 Å². The van der Waals surface area contributed by atoms with Gasteiger partial charge >= 0.3 is 0 Å². The van der Waals surface area contributed by atoms with Gasteiger partial charge < -0.3 is 10.2 Å². The second-order valence-corrected chi connectivity index (χ2v) is 11.4. The van der Waals surface area contributed by atoms with Crippen molar-refractivity contribution in [1.82, 2.24) is 0 Å². The van der Waals surface area contributed by atoms with Gasteiger partial charge in [-0.3, -0.25) is 0 Å². The summed E-state index contributed by atoms with van der Waals surface area (Å²) in [5.74, 6) is 1.87. The fourth-order valence-corrected chi connectivity index (χ4v) is 6.06. The number of aromatic hydroxyl groups is 2. The molecule has 0 aliphatic heterocycles. The Kier molecular flexibility index (Phi) is 11.0. The zero-order chi connectivity index (χ0) is 27.9. The Morgan fingerprint density at radius 2 is 1.05 bits per heavy atom. The van der Waals surface area contributed by atoms with E-state index in [1.165, 1.54) is 59.9 Å². The smallest absolute Gasteiger partial charge is 0.123 e. The first kappa shape index (κ1) is 31.0. The first-order valence-electron chi connectivity index (χ1n) is 14.5. The lowest BCUT2D eigenvalue weighted by Gasteiger charge is -2.23. The minimum atomic E-state index is 0. The molecular formula is C38H48O2. The van der Waals surface area contributed by atoms with Crippen LogP contribution < -0.4 is 0 Å². The summed E-state index contributed by atoms with van der Waals surface area (Å²) >= 11 is 0. The molecule has 0 amide bonds. The second-order valence-electron chi connectivity index (χ2n) is 11.4. The molecule has 0 spiro atoms. The lowest BCUT2D eigenvalue weighted by Crippen LogP contribution is -2.05. The van der Waals surface area contributed by atoms with Crippen molar-refractivity contribution < 1.29 is 10.2 Å². The van der Waals surface area contributed by atoms with Gasteiger partial charge in [-0.05, 0) is 61.8 Å². The van der Waals surface area contributed by atoms with E-state index < -0.39 is 0 Å². The van der Waals surface area contributed by atoms with E-state index in [1.807, 2.05) is 43.3 Å². The van der Waals surface area contributed by atoms with Crippen molar-refractivity contribution in [3.05, 3.63) is 129 Å². The van der Waals surface area contributed by atoms with Crippen LogP contribution in [0.1, 0.15) is 116 Å². The van der Waals surface area contributed by atoms with Crippen LogP contribution in [-0.2, 0) is 0 Å². The molecule has 5 rings (SSSR count). The SMILES string of the molecule is C.Cc1cc(C(C)c2ccccc2)c(O)c(C(C)c2ccccc2)c1.Cc1cc(C)c(O)c(C2CCCCC2)c1. The van der Waals surface area contributed by atoms with E-state index in [1.54, 1.807) is 0 Å². The van der Waals surface area contributed by atoms with Crippen molar-refractivity contribution in [2.45, 2.75) is 91.9 Å². The molecule has 40 heavy (non-hydrogen) atoms. The maximum Gasteiger partial charge on any atom is 0.123 e. The molecule has 2 nitrogen and oxygen atoms in total. The van der Waals surface area contributed by atoms with Gasteiger partial charge in [-0.1, -0.05) is 137 Å². The Balaban J connectivity index is 0.000000238. The molecule has 2 unspecified atom stereocenters. The van der Waals surface area contributed by atoms with Crippen molar-refractivity contribution in [2.75, 3.05) is 0 Å². The van der Waals surface area contributed by atoms with Crippen LogP contribution in [0.3, 0.4) is 0 Å². The fourth-order valence-electron chi connectivity index (χ4n) is 6.06. The lowest BCUT2D eigenvalue weighted by molar-refractivity contribution is 0.412. The third kappa shape index (κ3) is 7.36. The third-order valence-electron chi connectivity index (χ3n) is 8.36. The number of benzene rings is 4. The van der Waals surface area contributed by atoms with Gasteiger partial charge in [-0.2, -0.15) is 0 Å². The van der Waals surface area contributed by atoms with Crippen molar-refractivity contribution in [2.24, 2.45) is 0 Å². The third-order valence-corrected chi connectivity index (χ3v) is 8.36. The lowest BCUT2D eigenvalue weighted by atomic mass is 9.82. The first-order chi connectivity index (χ1) is 18.8. The zero-order valence-corrected chi connectivity index (χ0v) is 24.2.